The van der Waals surface area contributed by atoms with Crippen molar-refractivity contribution in [2.24, 2.45) is 0 Å². The molecule has 1 atom stereocenters. The van der Waals surface area contributed by atoms with Crippen LogP contribution in [0.1, 0.15) is 39.0 Å². The molecule has 0 aromatic heterocycles. The molecule has 1 aliphatic heterocycles. The Labute approximate surface area is 98.4 Å². The second-order valence-corrected chi connectivity index (χ2v) is 7.04. The molecule has 5 heteroatoms. The lowest BCUT2D eigenvalue weighted by molar-refractivity contribution is 0.268. The van der Waals surface area contributed by atoms with Gasteiger partial charge in [-0.3, -0.25) is 0 Å². The molecule has 2 aliphatic rings. The number of hydrogen-bond donors (Lipinski definition) is 1. The van der Waals surface area contributed by atoms with E-state index >= 15 is 0 Å². The van der Waals surface area contributed by atoms with Crippen LogP contribution in [0.15, 0.2) is 0 Å². The van der Waals surface area contributed by atoms with Crippen LogP contribution in [0.4, 0.5) is 0 Å². The van der Waals surface area contributed by atoms with Crippen molar-refractivity contribution in [3.8, 4) is 0 Å². The highest BCUT2D eigenvalue weighted by Gasteiger charge is 2.29. The van der Waals surface area contributed by atoms with Crippen LogP contribution in [-0.2, 0) is 10.0 Å². The van der Waals surface area contributed by atoms with Gasteiger partial charge in [0.25, 0.3) is 0 Å². The summed E-state index contributed by atoms with van der Waals surface area (Å²) in [4.78, 5) is 0. The van der Waals surface area contributed by atoms with Gasteiger partial charge < -0.3 is 5.32 Å². The molecule has 1 saturated heterocycles. The zero-order valence-corrected chi connectivity index (χ0v) is 10.8. The van der Waals surface area contributed by atoms with E-state index in [4.69, 9.17) is 0 Å². The first-order valence-electron chi connectivity index (χ1n) is 6.32. The normalized spacial score (nSPS) is 28.2. The van der Waals surface area contributed by atoms with Crippen LogP contribution in [0.5, 0.6) is 0 Å². The van der Waals surface area contributed by atoms with E-state index in [1.165, 1.54) is 12.8 Å². The predicted octanol–water partition coefficient (Wildman–Crippen LogP) is 0.943. The van der Waals surface area contributed by atoms with Crippen LogP contribution in [0, 0.1) is 0 Å². The quantitative estimate of drug-likeness (QED) is 0.785. The zero-order valence-electron chi connectivity index (χ0n) is 9.98. The van der Waals surface area contributed by atoms with Gasteiger partial charge >= 0.3 is 0 Å². The van der Waals surface area contributed by atoms with Crippen molar-refractivity contribution >= 4 is 10.0 Å². The standard InChI is InChI=1S/C11H22N2O2S/c1-10-4-2-3-8-13(10)16(14,15)9-7-12-11-5-6-11/h10-12H,2-9H2,1H3. The van der Waals surface area contributed by atoms with E-state index in [2.05, 4.69) is 5.32 Å². The van der Waals surface area contributed by atoms with Crippen molar-refractivity contribution in [1.82, 2.24) is 9.62 Å². The van der Waals surface area contributed by atoms with Crippen molar-refractivity contribution in [3.05, 3.63) is 0 Å². The van der Waals surface area contributed by atoms with Crippen LogP contribution >= 0.6 is 0 Å². The molecular formula is C11H22N2O2S. The number of hydrogen-bond acceptors (Lipinski definition) is 3. The lowest BCUT2D eigenvalue weighted by Gasteiger charge is -2.32. The molecule has 4 nitrogen and oxygen atoms in total. The Morgan fingerprint density at radius 3 is 2.62 bits per heavy atom. The number of nitrogens with one attached hydrogen (secondary N) is 1. The van der Waals surface area contributed by atoms with Gasteiger partial charge in [0, 0.05) is 25.2 Å². The van der Waals surface area contributed by atoms with Crippen LogP contribution < -0.4 is 5.32 Å². The molecule has 2 fully saturated rings. The predicted molar refractivity (Wildman–Crippen MR) is 64.8 cm³/mol. The maximum Gasteiger partial charge on any atom is 0.215 e. The van der Waals surface area contributed by atoms with E-state index in [9.17, 15) is 8.42 Å². The highest BCUT2D eigenvalue weighted by Crippen LogP contribution is 2.21. The highest BCUT2D eigenvalue weighted by atomic mass is 32.2. The smallest absolute Gasteiger partial charge is 0.215 e. The maximum atomic E-state index is 12.1. The Balaban J connectivity index is 1.83. The molecule has 0 spiro atoms. The van der Waals surface area contributed by atoms with Gasteiger partial charge in [-0.15, -0.1) is 0 Å². The van der Waals surface area contributed by atoms with Gasteiger partial charge in [0.1, 0.15) is 0 Å². The molecule has 16 heavy (non-hydrogen) atoms. The molecule has 0 bridgehead atoms. The molecule has 0 radical (unpaired) electrons. The molecule has 2 rings (SSSR count). The Morgan fingerprint density at radius 1 is 1.25 bits per heavy atom. The molecule has 1 saturated carbocycles. The van der Waals surface area contributed by atoms with Gasteiger partial charge in [-0.2, -0.15) is 4.31 Å². The van der Waals surface area contributed by atoms with E-state index in [-0.39, 0.29) is 11.8 Å². The fraction of sp³-hybridized carbons (Fsp3) is 1.00. The summed E-state index contributed by atoms with van der Waals surface area (Å²) in [5.41, 5.74) is 0. The molecular weight excluding hydrogens is 224 g/mol. The van der Waals surface area contributed by atoms with Crippen LogP contribution in [-0.4, -0.2) is 43.6 Å². The van der Waals surface area contributed by atoms with Gasteiger partial charge in [0.2, 0.25) is 10.0 Å². The Hall–Kier alpha value is -0.130. The minimum atomic E-state index is -3.03. The molecule has 1 heterocycles. The van der Waals surface area contributed by atoms with Crippen LogP contribution in [0.3, 0.4) is 0 Å². The fourth-order valence-corrected chi connectivity index (χ4v) is 3.95. The van der Waals surface area contributed by atoms with Gasteiger partial charge in [0.05, 0.1) is 5.75 Å². The summed E-state index contributed by atoms with van der Waals surface area (Å²) in [5, 5.41) is 3.26. The zero-order chi connectivity index (χ0) is 11.6. The van der Waals surface area contributed by atoms with Gasteiger partial charge in [-0.05, 0) is 32.6 Å². The largest absolute Gasteiger partial charge is 0.313 e. The summed E-state index contributed by atoms with van der Waals surface area (Å²) >= 11 is 0. The fourth-order valence-electron chi connectivity index (χ4n) is 2.28. The summed E-state index contributed by atoms with van der Waals surface area (Å²) in [6, 6.07) is 0.786. The van der Waals surface area contributed by atoms with Gasteiger partial charge in [0.15, 0.2) is 0 Å². The Kier molecular flexibility index (Phi) is 3.87. The van der Waals surface area contributed by atoms with Crippen molar-refractivity contribution in [1.29, 1.82) is 0 Å². The topological polar surface area (TPSA) is 49.4 Å². The molecule has 0 aromatic carbocycles. The van der Waals surface area contributed by atoms with Gasteiger partial charge in [-0.25, -0.2) is 8.42 Å². The highest BCUT2D eigenvalue weighted by molar-refractivity contribution is 7.89. The monoisotopic (exact) mass is 246 g/mol. The third kappa shape index (κ3) is 3.18. The van der Waals surface area contributed by atoms with E-state index in [1.54, 1.807) is 4.31 Å². The third-order valence-electron chi connectivity index (χ3n) is 3.47. The Bertz CT molecular complexity index is 325. The second kappa shape index (κ2) is 5.02. The average Bonchev–Trinajstić information content (AvgIpc) is 3.02. The lowest BCUT2D eigenvalue weighted by Crippen LogP contribution is -2.44. The van der Waals surface area contributed by atoms with Gasteiger partial charge in [-0.1, -0.05) is 6.42 Å². The first-order chi connectivity index (χ1) is 7.59. The first kappa shape index (κ1) is 12.3. The summed E-state index contributed by atoms with van der Waals surface area (Å²) < 4.78 is 25.9. The van der Waals surface area contributed by atoms with Crippen LogP contribution in [0.25, 0.3) is 0 Å². The number of nitrogens with zero attached hydrogens (tertiary/aromatic N) is 1. The Morgan fingerprint density at radius 2 is 2.00 bits per heavy atom. The minimum Gasteiger partial charge on any atom is -0.313 e. The summed E-state index contributed by atoms with van der Waals surface area (Å²) in [6.07, 6.45) is 5.60. The lowest BCUT2D eigenvalue weighted by atomic mass is 10.1. The SMILES string of the molecule is CC1CCCCN1S(=O)(=O)CCNC1CC1. The molecule has 0 amide bonds. The summed E-state index contributed by atoms with van der Waals surface area (Å²) in [6.45, 7) is 3.34. The van der Waals surface area contributed by atoms with E-state index in [0.29, 0.717) is 19.1 Å². The minimum absolute atomic E-state index is 0.194. The van der Waals surface area contributed by atoms with Crippen LogP contribution in [0.2, 0.25) is 0 Å². The number of rotatable bonds is 5. The number of piperidine rings is 1. The van der Waals surface area contributed by atoms with E-state index < -0.39 is 10.0 Å². The number of sulfonamides is 1. The third-order valence-corrected chi connectivity index (χ3v) is 5.45. The van der Waals surface area contributed by atoms with E-state index in [0.717, 1.165) is 19.3 Å². The maximum absolute atomic E-state index is 12.1. The first-order valence-corrected chi connectivity index (χ1v) is 7.93. The molecule has 0 aromatic rings. The molecule has 94 valence electrons. The van der Waals surface area contributed by atoms with E-state index in [1.807, 2.05) is 6.92 Å². The molecule has 1 unspecified atom stereocenters. The molecule has 1 N–H and O–H groups in total. The molecule has 1 aliphatic carbocycles. The van der Waals surface area contributed by atoms with Crippen molar-refractivity contribution in [2.45, 2.75) is 51.1 Å². The van der Waals surface area contributed by atoms with Crippen molar-refractivity contribution in [3.63, 3.8) is 0 Å². The summed E-state index contributed by atoms with van der Waals surface area (Å²) in [5.74, 6) is 0.258. The summed E-state index contributed by atoms with van der Waals surface area (Å²) in [7, 11) is -3.03. The van der Waals surface area contributed by atoms with Crippen molar-refractivity contribution in [2.75, 3.05) is 18.8 Å². The second-order valence-electron chi connectivity index (χ2n) is 5.00. The van der Waals surface area contributed by atoms with Crippen molar-refractivity contribution < 1.29 is 8.42 Å². The average molecular weight is 246 g/mol.